The van der Waals surface area contributed by atoms with Crippen molar-refractivity contribution in [3.05, 3.63) is 28.6 Å². The highest BCUT2D eigenvalue weighted by atomic mass is 32.3. The minimum Gasteiger partial charge on any atom is -0.449 e. The summed E-state index contributed by atoms with van der Waals surface area (Å²) in [5.41, 5.74) is 12.6. The maximum absolute atomic E-state index is 12.7. The van der Waals surface area contributed by atoms with E-state index in [0.29, 0.717) is 24.2 Å². The Labute approximate surface area is 213 Å². The van der Waals surface area contributed by atoms with Crippen LogP contribution in [0, 0.1) is 6.92 Å². The number of fused-ring (bicyclic) bond motifs is 1. The van der Waals surface area contributed by atoms with Crippen molar-refractivity contribution in [1.29, 1.82) is 0 Å². The van der Waals surface area contributed by atoms with Crippen molar-refractivity contribution in [3.63, 3.8) is 0 Å². The molecular formula is C19H29N5O11S2. The van der Waals surface area contributed by atoms with E-state index < -0.39 is 59.1 Å². The number of nitrogens with two attached hydrogens (primary N) is 2. The molecule has 37 heavy (non-hydrogen) atoms. The Morgan fingerprint density at radius 3 is 2.24 bits per heavy atom. The van der Waals surface area contributed by atoms with Gasteiger partial charge in [0.05, 0.1) is 30.2 Å². The van der Waals surface area contributed by atoms with Crippen molar-refractivity contribution in [2.75, 3.05) is 32.9 Å². The minimum atomic E-state index is -4.78. The quantitative estimate of drug-likeness (QED) is 0.116. The lowest BCUT2D eigenvalue weighted by atomic mass is 9.96. The number of nitrogens with zero attached hydrogens (tertiary/aromatic N) is 3. The molecule has 0 saturated heterocycles. The van der Waals surface area contributed by atoms with Crippen LogP contribution >= 0.6 is 0 Å². The van der Waals surface area contributed by atoms with Crippen LogP contribution in [-0.2, 0) is 40.3 Å². The number of rotatable bonds is 11. The number of carbonyl (C=O) groups excluding carboxylic acids is 2. The van der Waals surface area contributed by atoms with Crippen LogP contribution in [0.5, 0.6) is 0 Å². The van der Waals surface area contributed by atoms with E-state index in [1.54, 1.807) is 13.0 Å². The molecule has 6 N–H and O–H groups in total. The number of ether oxygens (including phenoxy) is 1. The van der Waals surface area contributed by atoms with E-state index in [1.807, 2.05) is 0 Å². The van der Waals surface area contributed by atoms with Crippen LogP contribution < -0.4 is 11.5 Å². The van der Waals surface area contributed by atoms with Gasteiger partial charge in [0.2, 0.25) is 0 Å². The fourth-order valence-electron chi connectivity index (χ4n) is 3.68. The molecule has 0 aromatic carbocycles. The molecule has 2 amide bonds. The summed E-state index contributed by atoms with van der Waals surface area (Å²) < 4.78 is 74.2. The Hall–Kier alpha value is -2.90. The number of guanidine groups is 1. The second-order valence-corrected chi connectivity index (χ2v) is 10.2. The van der Waals surface area contributed by atoms with Gasteiger partial charge in [-0.2, -0.15) is 21.8 Å². The molecule has 0 fully saturated rings. The SMILES string of the molecule is Cc1nc2c(cc1C(=O)N=C(N)N)CCCCC2COC(=O)N(CCOS(=O)(=O)O)CCOS(=O)(=O)O. The molecule has 1 heterocycles. The Morgan fingerprint density at radius 2 is 1.70 bits per heavy atom. The summed E-state index contributed by atoms with van der Waals surface area (Å²) in [7, 11) is -9.55. The Morgan fingerprint density at radius 1 is 1.11 bits per heavy atom. The molecule has 208 valence electrons. The monoisotopic (exact) mass is 567 g/mol. The second kappa shape index (κ2) is 13.1. The third kappa shape index (κ3) is 10.5. The summed E-state index contributed by atoms with van der Waals surface area (Å²) in [6.45, 7) is -0.645. The number of amides is 2. The first-order chi connectivity index (χ1) is 17.2. The summed E-state index contributed by atoms with van der Waals surface area (Å²) in [6.07, 6.45) is 1.86. The van der Waals surface area contributed by atoms with Gasteiger partial charge in [0, 0.05) is 19.0 Å². The summed E-state index contributed by atoms with van der Waals surface area (Å²) in [6, 6.07) is 1.66. The highest BCUT2D eigenvalue weighted by molar-refractivity contribution is 7.81. The maximum Gasteiger partial charge on any atom is 0.409 e. The number of pyridine rings is 1. The van der Waals surface area contributed by atoms with E-state index >= 15 is 0 Å². The molecule has 0 saturated carbocycles. The molecule has 16 nitrogen and oxygen atoms in total. The molecule has 1 atom stereocenters. The average Bonchev–Trinajstić information content (AvgIpc) is 2.95. The third-order valence-electron chi connectivity index (χ3n) is 5.28. The van der Waals surface area contributed by atoms with Crippen molar-refractivity contribution in [2.24, 2.45) is 16.5 Å². The topological polar surface area (TPSA) is 251 Å². The van der Waals surface area contributed by atoms with Crippen molar-refractivity contribution in [2.45, 2.75) is 38.5 Å². The standard InChI is InChI=1S/C19H29N5O11S2/c1-12-15(17(25)23-18(20)21)10-13-4-2-3-5-14(16(13)22-12)11-33-19(26)24(6-8-34-36(27,28)29)7-9-35-37(30,31)32/h10,14H,2-9,11H2,1H3,(H,27,28,29)(H,30,31,32)(H4,20,21,23,25). The molecule has 1 aromatic rings. The lowest BCUT2D eigenvalue weighted by molar-refractivity contribution is 0.0824. The fraction of sp³-hybridized carbons (Fsp3) is 0.579. The third-order valence-corrected chi connectivity index (χ3v) is 6.20. The molecule has 0 aliphatic heterocycles. The van der Waals surface area contributed by atoms with Gasteiger partial charge in [-0.15, -0.1) is 0 Å². The van der Waals surface area contributed by atoms with Crippen LogP contribution in [0.25, 0.3) is 0 Å². The predicted octanol–water partition coefficient (Wildman–Crippen LogP) is -0.309. The molecule has 0 radical (unpaired) electrons. The van der Waals surface area contributed by atoms with E-state index in [4.69, 9.17) is 25.3 Å². The predicted molar refractivity (Wildman–Crippen MR) is 127 cm³/mol. The highest BCUT2D eigenvalue weighted by Gasteiger charge is 2.26. The lowest BCUT2D eigenvalue weighted by Crippen LogP contribution is -2.38. The Kier molecular flexibility index (Phi) is 10.7. The number of aryl methyl sites for hydroxylation is 2. The number of hydrogen-bond donors (Lipinski definition) is 4. The first-order valence-electron chi connectivity index (χ1n) is 11.0. The van der Waals surface area contributed by atoms with Gasteiger partial charge in [-0.1, -0.05) is 6.42 Å². The van der Waals surface area contributed by atoms with Gasteiger partial charge in [0.1, 0.15) is 6.61 Å². The van der Waals surface area contributed by atoms with Crippen molar-refractivity contribution >= 4 is 38.8 Å². The van der Waals surface area contributed by atoms with E-state index in [9.17, 15) is 26.4 Å². The fourth-order valence-corrected chi connectivity index (χ4v) is 4.25. The smallest absolute Gasteiger partial charge is 0.409 e. The number of aliphatic imine (C=N–C) groups is 1. The zero-order chi connectivity index (χ0) is 27.8. The van der Waals surface area contributed by atoms with Crippen LogP contribution in [-0.4, -0.2) is 86.7 Å². The van der Waals surface area contributed by atoms with E-state index in [2.05, 4.69) is 18.3 Å². The Balaban J connectivity index is 2.16. The van der Waals surface area contributed by atoms with Crippen LogP contribution in [0.3, 0.4) is 0 Å². The van der Waals surface area contributed by atoms with Crippen LogP contribution in [0.1, 0.15) is 52.5 Å². The summed E-state index contributed by atoms with van der Waals surface area (Å²) in [5.74, 6) is -1.34. The molecule has 1 aliphatic rings. The van der Waals surface area contributed by atoms with Crippen LogP contribution in [0.15, 0.2) is 11.1 Å². The van der Waals surface area contributed by atoms with E-state index in [0.717, 1.165) is 23.3 Å². The van der Waals surface area contributed by atoms with Gasteiger partial charge < -0.3 is 21.1 Å². The summed E-state index contributed by atoms with van der Waals surface area (Å²) in [4.78, 5) is 34.0. The summed E-state index contributed by atoms with van der Waals surface area (Å²) >= 11 is 0. The first-order valence-corrected chi connectivity index (χ1v) is 13.7. The highest BCUT2D eigenvalue weighted by Crippen LogP contribution is 2.31. The average molecular weight is 568 g/mol. The zero-order valence-electron chi connectivity index (χ0n) is 19.9. The van der Waals surface area contributed by atoms with Crippen LogP contribution in [0.4, 0.5) is 4.79 Å². The molecule has 18 heteroatoms. The normalized spacial score (nSPS) is 15.8. The van der Waals surface area contributed by atoms with Gasteiger partial charge in [-0.05, 0) is 37.8 Å². The van der Waals surface area contributed by atoms with E-state index in [-0.39, 0.29) is 24.0 Å². The van der Waals surface area contributed by atoms with Gasteiger partial charge in [0.25, 0.3) is 5.91 Å². The van der Waals surface area contributed by atoms with Gasteiger partial charge in [-0.25, -0.2) is 13.2 Å². The molecule has 0 spiro atoms. The van der Waals surface area contributed by atoms with Crippen molar-refractivity contribution in [1.82, 2.24) is 9.88 Å². The largest absolute Gasteiger partial charge is 0.449 e. The molecule has 1 aliphatic carbocycles. The number of carbonyl (C=O) groups is 2. The second-order valence-electron chi connectivity index (χ2n) is 8.01. The van der Waals surface area contributed by atoms with Gasteiger partial charge in [-0.3, -0.25) is 18.9 Å². The zero-order valence-corrected chi connectivity index (χ0v) is 21.5. The van der Waals surface area contributed by atoms with E-state index in [1.165, 1.54) is 0 Å². The lowest BCUT2D eigenvalue weighted by Gasteiger charge is -2.23. The van der Waals surface area contributed by atoms with Gasteiger partial charge >= 0.3 is 26.9 Å². The number of hydrogen-bond acceptors (Lipinski definition) is 10. The van der Waals surface area contributed by atoms with Crippen molar-refractivity contribution < 1.29 is 48.6 Å². The molecular weight excluding hydrogens is 538 g/mol. The Bertz CT molecular complexity index is 1190. The molecule has 1 unspecified atom stereocenters. The number of aromatic nitrogens is 1. The molecule has 2 rings (SSSR count). The van der Waals surface area contributed by atoms with Crippen LogP contribution in [0.2, 0.25) is 0 Å². The van der Waals surface area contributed by atoms with Gasteiger partial charge in [0.15, 0.2) is 5.96 Å². The molecule has 1 aromatic heterocycles. The minimum absolute atomic E-state index is 0.131. The molecule has 0 bridgehead atoms. The summed E-state index contributed by atoms with van der Waals surface area (Å²) in [5, 5.41) is 0. The van der Waals surface area contributed by atoms with Crippen molar-refractivity contribution in [3.8, 4) is 0 Å². The first kappa shape index (κ1) is 30.3. The maximum atomic E-state index is 12.7.